The highest BCUT2D eigenvalue weighted by molar-refractivity contribution is 7.99. The molecule has 3 rings (SSSR count). The van der Waals surface area contributed by atoms with Gasteiger partial charge in [0.05, 0.1) is 11.1 Å². The molecule has 0 radical (unpaired) electrons. The van der Waals surface area contributed by atoms with E-state index in [1.54, 1.807) is 12.1 Å². The van der Waals surface area contributed by atoms with Crippen molar-refractivity contribution in [1.29, 1.82) is 0 Å². The summed E-state index contributed by atoms with van der Waals surface area (Å²) >= 11 is 7.76. The zero-order chi connectivity index (χ0) is 14.7. The number of halogens is 1. The van der Waals surface area contributed by atoms with E-state index in [0.717, 1.165) is 37.4 Å². The quantitative estimate of drug-likeness (QED) is 0.853. The topological polar surface area (TPSA) is 42.4 Å². The molecular formula is C15H19ClN2O2S. The number of carbonyl (C=O) groups excluding carboxylic acids is 1. The number of nitrogens with zero attached hydrogens (tertiary/aromatic N) is 2. The van der Waals surface area contributed by atoms with Gasteiger partial charge in [-0.1, -0.05) is 11.6 Å². The minimum absolute atomic E-state index is 0.00494. The van der Waals surface area contributed by atoms with Crippen molar-refractivity contribution in [2.45, 2.75) is 31.4 Å². The molecule has 0 aromatic carbocycles. The molecule has 6 heteroatoms. The Balaban J connectivity index is 1.76. The molecule has 1 amide bonds. The van der Waals surface area contributed by atoms with Crippen molar-refractivity contribution in [3.05, 3.63) is 29.0 Å². The second-order valence-electron chi connectivity index (χ2n) is 5.47. The lowest BCUT2D eigenvalue weighted by atomic mass is 10.1. The number of aromatic nitrogens is 1. The molecule has 0 N–H and O–H groups in total. The Bertz CT molecular complexity index is 485. The summed E-state index contributed by atoms with van der Waals surface area (Å²) in [7, 11) is 0. The summed E-state index contributed by atoms with van der Waals surface area (Å²) < 4.78 is 5.71. The molecule has 1 aromatic rings. The number of carbonyl (C=O) groups is 1. The van der Waals surface area contributed by atoms with Crippen molar-refractivity contribution in [1.82, 2.24) is 9.88 Å². The lowest BCUT2D eigenvalue weighted by Gasteiger charge is -2.30. The zero-order valence-electron chi connectivity index (χ0n) is 11.8. The van der Waals surface area contributed by atoms with E-state index >= 15 is 0 Å². The molecule has 21 heavy (non-hydrogen) atoms. The monoisotopic (exact) mass is 326 g/mol. The van der Waals surface area contributed by atoms with Crippen LogP contribution in [0.15, 0.2) is 18.3 Å². The molecule has 2 aliphatic heterocycles. The zero-order valence-corrected chi connectivity index (χ0v) is 13.4. The van der Waals surface area contributed by atoms with E-state index in [4.69, 9.17) is 16.3 Å². The molecular weight excluding hydrogens is 308 g/mol. The molecule has 4 nitrogen and oxygen atoms in total. The predicted octanol–water partition coefficient (Wildman–Crippen LogP) is 2.86. The van der Waals surface area contributed by atoms with Crippen LogP contribution in [0.5, 0.6) is 0 Å². The van der Waals surface area contributed by atoms with Crippen molar-refractivity contribution in [3.63, 3.8) is 0 Å². The van der Waals surface area contributed by atoms with Gasteiger partial charge in [0.1, 0.15) is 5.69 Å². The summed E-state index contributed by atoms with van der Waals surface area (Å²) in [6.07, 6.45) is 4.88. The van der Waals surface area contributed by atoms with E-state index in [1.165, 1.54) is 6.20 Å². The molecule has 3 heterocycles. The number of hydrogen-bond acceptors (Lipinski definition) is 4. The molecule has 2 fully saturated rings. The SMILES string of the molecule is O=C(c1ccc(Cl)cn1)N(C[C@@H]1CCCO1)[C@@H]1CCSC1. The Morgan fingerprint density at radius 2 is 2.38 bits per heavy atom. The fraction of sp³-hybridized carbons (Fsp3) is 0.600. The average molecular weight is 327 g/mol. The smallest absolute Gasteiger partial charge is 0.272 e. The van der Waals surface area contributed by atoms with E-state index in [-0.39, 0.29) is 12.0 Å². The largest absolute Gasteiger partial charge is 0.376 e. The first-order chi connectivity index (χ1) is 10.2. The third kappa shape index (κ3) is 3.71. The van der Waals surface area contributed by atoms with Crippen LogP contribution < -0.4 is 0 Å². The number of hydrogen-bond donors (Lipinski definition) is 0. The second-order valence-corrected chi connectivity index (χ2v) is 7.06. The first kappa shape index (κ1) is 15.1. The van der Waals surface area contributed by atoms with E-state index in [0.29, 0.717) is 23.3 Å². The number of pyridine rings is 1. The van der Waals surface area contributed by atoms with Gasteiger partial charge < -0.3 is 9.64 Å². The van der Waals surface area contributed by atoms with Crippen LogP contribution in [-0.2, 0) is 4.74 Å². The van der Waals surface area contributed by atoms with Crippen LogP contribution in [0, 0.1) is 0 Å². The average Bonchev–Trinajstić information content (AvgIpc) is 3.18. The van der Waals surface area contributed by atoms with Gasteiger partial charge in [-0.15, -0.1) is 0 Å². The maximum absolute atomic E-state index is 12.8. The van der Waals surface area contributed by atoms with Crippen LogP contribution in [-0.4, -0.2) is 52.6 Å². The molecule has 2 aliphatic rings. The van der Waals surface area contributed by atoms with Crippen molar-refractivity contribution < 1.29 is 9.53 Å². The first-order valence-electron chi connectivity index (χ1n) is 7.36. The highest BCUT2D eigenvalue weighted by Gasteiger charge is 2.31. The van der Waals surface area contributed by atoms with Crippen molar-refractivity contribution >= 4 is 29.3 Å². The van der Waals surface area contributed by atoms with Crippen molar-refractivity contribution in [2.75, 3.05) is 24.7 Å². The summed E-state index contributed by atoms with van der Waals surface area (Å²) in [5, 5.41) is 0.550. The Morgan fingerprint density at radius 3 is 3.00 bits per heavy atom. The fourth-order valence-corrected chi connectivity index (χ4v) is 4.16. The maximum Gasteiger partial charge on any atom is 0.272 e. The van der Waals surface area contributed by atoms with Gasteiger partial charge in [0.2, 0.25) is 0 Å². The fourth-order valence-electron chi connectivity index (χ4n) is 2.82. The highest BCUT2D eigenvalue weighted by Crippen LogP contribution is 2.25. The molecule has 0 unspecified atom stereocenters. The molecule has 0 bridgehead atoms. The lowest BCUT2D eigenvalue weighted by Crippen LogP contribution is -2.45. The molecule has 0 spiro atoms. The maximum atomic E-state index is 12.8. The highest BCUT2D eigenvalue weighted by atomic mass is 35.5. The van der Waals surface area contributed by atoms with Crippen LogP contribution in [0.1, 0.15) is 29.8 Å². The Morgan fingerprint density at radius 1 is 1.48 bits per heavy atom. The molecule has 1 aromatic heterocycles. The summed E-state index contributed by atoms with van der Waals surface area (Å²) in [6, 6.07) is 3.72. The van der Waals surface area contributed by atoms with E-state index in [9.17, 15) is 4.79 Å². The molecule has 0 saturated carbocycles. The van der Waals surface area contributed by atoms with Gasteiger partial charge in [-0.05, 0) is 37.1 Å². The van der Waals surface area contributed by atoms with E-state index in [2.05, 4.69) is 4.98 Å². The molecule has 2 saturated heterocycles. The van der Waals surface area contributed by atoms with Crippen LogP contribution in [0.2, 0.25) is 5.02 Å². The van der Waals surface area contributed by atoms with Gasteiger partial charge in [-0.25, -0.2) is 4.98 Å². The van der Waals surface area contributed by atoms with Gasteiger partial charge in [-0.2, -0.15) is 11.8 Å². The molecule has 0 aliphatic carbocycles. The first-order valence-corrected chi connectivity index (χ1v) is 8.89. The minimum Gasteiger partial charge on any atom is -0.376 e. The third-order valence-corrected chi connectivity index (χ3v) is 5.35. The van der Waals surface area contributed by atoms with Crippen LogP contribution >= 0.6 is 23.4 Å². The summed E-state index contributed by atoms with van der Waals surface area (Å²) in [5.41, 5.74) is 0.467. The van der Waals surface area contributed by atoms with Crippen LogP contribution in [0.25, 0.3) is 0 Å². The van der Waals surface area contributed by atoms with Gasteiger partial charge in [-0.3, -0.25) is 4.79 Å². The van der Waals surface area contributed by atoms with Gasteiger partial charge >= 0.3 is 0 Å². The molecule has 2 atom stereocenters. The molecule has 114 valence electrons. The van der Waals surface area contributed by atoms with Crippen molar-refractivity contribution in [3.8, 4) is 0 Å². The number of ether oxygens (including phenoxy) is 1. The summed E-state index contributed by atoms with van der Waals surface area (Å²) in [4.78, 5) is 18.9. The summed E-state index contributed by atoms with van der Waals surface area (Å²) in [6.45, 7) is 1.49. The van der Waals surface area contributed by atoms with Crippen LogP contribution in [0.4, 0.5) is 0 Å². The summed E-state index contributed by atoms with van der Waals surface area (Å²) in [5.74, 6) is 2.12. The Hall–Kier alpha value is -0.780. The Labute approximate surface area is 134 Å². The van der Waals surface area contributed by atoms with Gasteiger partial charge in [0.15, 0.2) is 0 Å². The van der Waals surface area contributed by atoms with E-state index in [1.807, 2.05) is 16.7 Å². The lowest BCUT2D eigenvalue weighted by molar-refractivity contribution is 0.0437. The normalized spacial score (nSPS) is 25.2. The minimum atomic E-state index is -0.00494. The van der Waals surface area contributed by atoms with Gasteiger partial charge in [0, 0.05) is 31.1 Å². The second kappa shape index (κ2) is 6.99. The number of amides is 1. The number of thioether (sulfide) groups is 1. The van der Waals surface area contributed by atoms with Gasteiger partial charge in [0.25, 0.3) is 5.91 Å². The van der Waals surface area contributed by atoms with E-state index < -0.39 is 0 Å². The number of rotatable bonds is 4. The Kier molecular flexibility index (Phi) is 5.03. The standard InChI is InChI=1S/C15H19ClN2O2S/c16-11-3-4-14(17-8-11)15(19)18(12-5-7-21-10-12)9-13-2-1-6-20-13/h3-4,8,12-13H,1-2,5-7,9-10H2/t12-,13+/m1/s1. The van der Waals surface area contributed by atoms with Crippen molar-refractivity contribution in [2.24, 2.45) is 0 Å². The van der Waals surface area contributed by atoms with Crippen LogP contribution in [0.3, 0.4) is 0 Å². The predicted molar refractivity (Wildman–Crippen MR) is 85.0 cm³/mol. The third-order valence-electron chi connectivity index (χ3n) is 3.98.